The Balaban J connectivity index is -0.00000210. The molecule has 0 aromatic rings. The number of rotatable bonds is 16. The maximum absolute atomic E-state index is 11.7. The van der Waals surface area contributed by atoms with Crippen molar-refractivity contribution in [3.8, 4) is 0 Å². The van der Waals surface area contributed by atoms with Gasteiger partial charge in [0.1, 0.15) is 6.79 Å². The van der Waals surface area contributed by atoms with Crippen LogP contribution in [0.3, 0.4) is 0 Å². The fourth-order valence-electron chi connectivity index (χ4n) is 3.89. The topological polar surface area (TPSA) is 192 Å². The number of carbonyl (C=O) groups excluding carboxylic acids is 2. The molecule has 1 heterocycles. The highest BCUT2D eigenvalue weighted by Crippen LogP contribution is 2.00. The molecule has 5 N–H and O–H groups in total. The molecular weight excluding hydrogens is 564 g/mol. The number of unbranched alkanes of at least 4 members (excludes halogenated alkanes) is 1. The molecule has 0 saturated carbocycles. The standard InChI is InChI=1S/C24H48N6O6.C2H6.CH2O2.CH2O/c1-3-5-7-26-22(31)6-17-36-18-8-25-21-30-15-10-27(4-2)9-11-28(19-23(32)33)12-13-29(14-16-30)20-24(34)35;1-2;2-1-3;1-2/h25H,3-21H2,1-2H3,(H,26,31)(H,32,33)(H,34,35);1-2H3;1H,(H,2,3);1H2. The van der Waals surface area contributed by atoms with E-state index in [0.29, 0.717) is 72.1 Å². The molecule has 0 unspecified atom stereocenters. The van der Waals surface area contributed by atoms with Gasteiger partial charge in [-0.05, 0) is 13.0 Å². The molecule has 1 aliphatic heterocycles. The second kappa shape index (κ2) is 33.8. The van der Waals surface area contributed by atoms with Crippen LogP contribution in [0.5, 0.6) is 0 Å². The molecule has 0 aliphatic carbocycles. The van der Waals surface area contributed by atoms with Crippen LogP contribution in [-0.2, 0) is 28.7 Å². The third kappa shape index (κ3) is 30.6. The summed E-state index contributed by atoms with van der Waals surface area (Å²) in [5, 5.41) is 31.7. The summed E-state index contributed by atoms with van der Waals surface area (Å²) in [6, 6.07) is 0. The van der Waals surface area contributed by atoms with E-state index in [1.165, 1.54) is 0 Å². The number of nitrogens with one attached hydrogen (secondary N) is 2. The molecule has 0 bridgehead atoms. The van der Waals surface area contributed by atoms with Crippen LogP contribution < -0.4 is 10.6 Å². The second-order valence-electron chi connectivity index (χ2n) is 9.22. The maximum atomic E-state index is 11.7. The van der Waals surface area contributed by atoms with Gasteiger partial charge in [0.2, 0.25) is 5.91 Å². The van der Waals surface area contributed by atoms with Gasteiger partial charge in [-0.25, -0.2) is 0 Å². The molecule has 1 fully saturated rings. The Hall–Kier alpha value is -2.69. The van der Waals surface area contributed by atoms with Crippen LogP contribution in [0.2, 0.25) is 0 Å². The van der Waals surface area contributed by atoms with Crippen molar-refractivity contribution in [2.75, 3.05) is 105 Å². The van der Waals surface area contributed by atoms with E-state index in [0.717, 1.165) is 39.0 Å². The van der Waals surface area contributed by atoms with Gasteiger partial charge in [-0.15, -0.1) is 0 Å². The van der Waals surface area contributed by atoms with Crippen molar-refractivity contribution in [3.05, 3.63) is 0 Å². The molecule has 1 saturated heterocycles. The van der Waals surface area contributed by atoms with Crippen LogP contribution in [0.1, 0.15) is 47.0 Å². The molecule has 43 heavy (non-hydrogen) atoms. The van der Waals surface area contributed by atoms with E-state index in [9.17, 15) is 24.6 Å². The Morgan fingerprint density at radius 1 is 0.791 bits per heavy atom. The van der Waals surface area contributed by atoms with E-state index in [2.05, 4.69) is 34.3 Å². The third-order valence-electron chi connectivity index (χ3n) is 6.18. The lowest BCUT2D eigenvalue weighted by Crippen LogP contribution is -2.49. The zero-order valence-electron chi connectivity index (χ0n) is 26.8. The van der Waals surface area contributed by atoms with E-state index in [4.69, 9.17) is 19.4 Å². The first-order chi connectivity index (χ1) is 20.7. The summed E-state index contributed by atoms with van der Waals surface area (Å²) in [6.45, 7) is 19.0. The number of amides is 1. The minimum Gasteiger partial charge on any atom is -0.483 e. The molecule has 0 aromatic carbocycles. The molecule has 1 rings (SSSR count). The average Bonchev–Trinajstić information content (AvgIpc) is 2.98. The molecule has 254 valence electrons. The van der Waals surface area contributed by atoms with Crippen molar-refractivity contribution < 1.29 is 44.0 Å². The van der Waals surface area contributed by atoms with Crippen molar-refractivity contribution >= 4 is 31.1 Å². The fraction of sp³-hybridized carbons (Fsp3) is 0.821. The first-order valence-corrected chi connectivity index (χ1v) is 15.0. The van der Waals surface area contributed by atoms with Gasteiger partial charge in [0.05, 0.1) is 26.3 Å². The minimum atomic E-state index is -0.884. The second-order valence-corrected chi connectivity index (χ2v) is 9.22. The van der Waals surface area contributed by atoms with E-state index in [-0.39, 0.29) is 25.5 Å². The predicted molar refractivity (Wildman–Crippen MR) is 165 cm³/mol. The van der Waals surface area contributed by atoms with Gasteiger partial charge in [0.25, 0.3) is 6.47 Å². The number of carbonyl (C=O) groups is 5. The van der Waals surface area contributed by atoms with Crippen LogP contribution in [0.15, 0.2) is 0 Å². The Kier molecular flexibility index (Phi) is 35.2. The first-order valence-electron chi connectivity index (χ1n) is 15.0. The third-order valence-corrected chi connectivity index (χ3v) is 6.18. The molecule has 0 aromatic heterocycles. The molecule has 0 radical (unpaired) electrons. The van der Waals surface area contributed by atoms with Gasteiger partial charge in [-0.1, -0.05) is 34.1 Å². The summed E-state index contributed by atoms with van der Waals surface area (Å²) in [6.07, 6.45) is 2.41. The zero-order chi connectivity index (χ0) is 33.3. The summed E-state index contributed by atoms with van der Waals surface area (Å²) in [5.41, 5.74) is 0. The molecular formula is C28H58N6O9. The van der Waals surface area contributed by atoms with Gasteiger partial charge in [-0.3, -0.25) is 33.9 Å². The lowest BCUT2D eigenvalue weighted by Gasteiger charge is -2.33. The number of carboxylic acids is 2. The summed E-state index contributed by atoms with van der Waals surface area (Å²) in [7, 11) is 0. The maximum Gasteiger partial charge on any atom is 0.317 e. The summed E-state index contributed by atoms with van der Waals surface area (Å²) >= 11 is 0. The molecule has 15 heteroatoms. The Morgan fingerprint density at radius 2 is 1.23 bits per heavy atom. The molecule has 0 atom stereocenters. The SMILES string of the molecule is C=O.CC.CCCCNC(=O)CCOCCNCN1CCN(CC)CCN(CC(=O)O)CCN(CC(=O)O)CC1.O=CO. The van der Waals surface area contributed by atoms with Gasteiger partial charge >= 0.3 is 11.9 Å². The van der Waals surface area contributed by atoms with E-state index >= 15 is 0 Å². The quantitative estimate of drug-likeness (QED) is 0.112. The lowest BCUT2D eigenvalue weighted by molar-refractivity contribution is -0.140. The lowest BCUT2D eigenvalue weighted by atomic mass is 10.3. The molecule has 1 amide bonds. The number of aliphatic carboxylic acids is 2. The van der Waals surface area contributed by atoms with Gasteiger partial charge in [-0.2, -0.15) is 0 Å². The highest BCUT2D eigenvalue weighted by Gasteiger charge is 2.18. The van der Waals surface area contributed by atoms with Gasteiger partial charge in [0.15, 0.2) is 0 Å². The predicted octanol–water partition coefficient (Wildman–Crippen LogP) is -0.191. The summed E-state index contributed by atoms with van der Waals surface area (Å²) in [5.74, 6) is -1.73. The molecule has 1 aliphatic rings. The van der Waals surface area contributed by atoms with Crippen molar-refractivity contribution in [2.24, 2.45) is 0 Å². The van der Waals surface area contributed by atoms with Crippen molar-refractivity contribution in [1.29, 1.82) is 0 Å². The van der Waals surface area contributed by atoms with E-state index in [1.54, 1.807) is 0 Å². The summed E-state index contributed by atoms with van der Waals surface area (Å²) in [4.78, 5) is 59.0. The van der Waals surface area contributed by atoms with Gasteiger partial charge < -0.3 is 40.4 Å². The highest BCUT2D eigenvalue weighted by atomic mass is 16.5. The monoisotopic (exact) mass is 622 g/mol. The number of hydrogen-bond donors (Lipinski definition) is 5. The largest absolute Gasteiger partial charge is 0.483 e. The van der Waals surface area contributed by atoms with Gasteiger partial charge in [0, 0.05) is 78.5 Å². The molecule has 15 nitrogen and oxygen atoms in total. The Morgan fingerprint density at radius 3 is 1.65 bits per heavy atom. The average molecular weight is 623 g/mol. The van der Waals surface area contributed by atoms with E-state index < -0.39 is 11.9 Å². The zero-order valence-corrected chi connectivity index (χ0v) is 26.8. The van der Waals surface area contributed by atoms with Crippen LogP contribution >= 0.6 is 0 Å². The van der Waals surface area contributed by atoms with Crippen LogP contribution in [0.4, 0.5) is 0 Å². The van der Waals surface area contributed by atoms with Crippen LogP contribution in [-0.4, -0.2) is 171 Å². The summed E-state index contributed by atoms with van der Waals surface area (Å²) < 4.78 is 5.57. The first kappa shape index (κ1) is 44.7. The van der Waals surface area contributed by atoms with Crippen molar-refractivity contribution in [2.45, 2.75) is 47.0 Å². The number of ether oxygens (including phenoxy) is 1. The number of nitrogens with zero attached hydrogens (tertiary/aromatic N) is 4. The van der Waals surface area contributed by atoms with E-state index in [1.807, 2.05) is 30.4 Å². The van der Waals surface area contributed by atoms with Crippen molar-refractivity contribution in [1.82, 2.24) is 30.2 Å². The number of carboxylic acid groups (broad SMARTS) is 3. The smallest absolute Gasteiger partial charge is 0.317 e. The highest BCUT2D eigenvalue weighted by molar-refractivity contribution is 5.75. The number of hydrogen-bond acceptors (Lipinski definition) is 11. The van der Waals surface area contributed by atoms with Crippen LogP contribution in [0, 0.1) is 0 Å². The van der Waals surface area contributed by atoms with Crippen molar-refractivity contribution in [3.63, 3.8) is 0 Å². The normalized spacial score (nSPS) is 15.4. The molecule has 0 spiro atoms. The Bertz CT molecular complexity index is 691. The Labute approximate surface area is 257 Å². The number of likely N-dealkylation sites (N-methyl/N-ethyl adjacent to an activating group) is 1. The fourth-order valence-corrected chi connectivity index (χ4v) is 3.89. The minimum absolute atomic E-state index is 0.0215. The van der Waals surface area contributed by atoms with Crippen LogP contribution in [0.25, 0.3) is 0 Å².